The third-order valence-electron chi connectivity index (χ3n) is 11.6. The van der Waals surface area contributed by atoms with Gasteiger partial charge in [0, 0.05) is 21.7 Å². The first kappa shape index (κ1) is 21.5. The number of amides is 2. The molecule has 8 bridgehead atoms. The molecule has 35 heavy (non-hydrogen) atoms. The van der Waals surface area contributed by atoms with Gasteiger partial charge >= 0.3 is 0 Å². The molecule has 0 spiro atoms. The van der Waals surface area contributed by atoms with Crippen LogP contribution in [0.1, 0.15) is 89.0 Å². The quantitative estimate of drug-likeness (QED) is 0.538. The lowest BCUT2D eigenvalue weighted by Gasteiger charge is -2.67. The molecule has 1 aromatic carbocycles. The van der Waals surface area contributed by atoms with E-state index in [1.165, 1.54) is 38.5 Å². The van der Waals surface area contributed by atoms with Crippen molar-refractivity contribution in [1.82, 2.24) is 10.2 Å². The lowest BCUT2D eigenvalue weighted by Crippen LogP contribution is -2.78. The Bertz CT molecular complexity index is 1040. The van der Waals surface area contributed by atoms with Crippen molar-refractivity contribution in [3.8, 4) is 0 Å². The van der Waals surface area contributed by atoms with Crippen LogP contribution in [-0.2, 0) is 15.1 Å². The number of nitrogens with one attached hydrogen (secondary N) is 1. The van der Waals surface area contributed by atoms with E-state index < -0.39 is 5.54 Å². The number of carbonyl (C=O) groups excluding carboxylic acids is 2. The van der Waals surface area contributed by atoms with Gasteiger partial charge in [-0.3, -0.25) is 9.59 Å². The molecule has 186 valence electrons. The van der Waals surface area contributed by atoms with Crippen molar-refractivity contribution in [2.75, 3.05) is 0 Å². The zero-order valence-corrected chi connectivity index (χ0v) is 21.4. The molecule has 10 rings (SSSR count). The molecule has 8 aliphatic carbocycles. The van der Waals surface area contributed by atoms with Crippen molar-refractivity contribution < 1.29 is 9.59 Å². The second-order valence-corrected chi connectivity index (χ2v) is 14.4. The number of rotatable bonds is 4. The largest absolute Gasteiger partial charge is 0.348 e. The Morgan fingerprint density at radius 3 is 1.77 bits per heavy atom. The summed E-state index contributed by atoms with van der Waals surface area (Å²) >= 11 is 6.84. The number of hydrogen-bond donors (Lipinski definition) is 1. The zero-order valence-electron chi connectivity index (χ0n) is 20.6. The number of likely N-dealkylation sites (tertiary alicyclic amines) is 1. The molecule has 1 aromatic rings. The van der Waals surface area contributed by atoms with Crippen molar-refractivity contribution in [2.24, 2.45) is 35.5 Å². The van der Waals surface area contributed by atoms with Gasteiger partial charge in [0.1, 0.15) is 0 Å². The van der Waals surface area contributed by atoms with Crippen molar-refractivity contribution >= 4 is 23.4 Å². The topological polar surface area (TPSA) is 49.4 Å². The minimum atomic E-state index is -0.954. The van der Waals surface area contributed by atoms with Crippen LogP contribution in [0.3, 0.4) is 0 Å². The molecule has 1 heterocycles. The zero-order chi connectivity index (χ0) is 23.6. The number of nitrogens with zero attached hydrogens (tertiary/aromatic N) is 1. The monoisotopic (exact) mass is 492 g/mol. The summed E-state index contributed by atoms with van der Waals surface area (Å²) in [6, 6.07) is 7.84. The van der Waals surface area contributed by atoms with E-state index in [1.54, 1.807) is 0 Å². The van der Waals surface area contributed by atoms with Crippen molar-refractivity contribution in [1.29, 1.82) is 0 Å². The Morgan fingerprint density at radius 2 is 1.29 bits per heavy atom. The molecule has 0 radical (unpaired) electrons. The highest BCUT2D eigenvalue weighted by Crippen LogP contribution is 2.63. The number of halogens is 1. The van der Waals surface area contributed by atoms with Gasteiger partial charge in [0.25, 0.3) is 5.91 Å². The van der Waals surface area contributed by atoms with Crippen LogP contribution >= 0.6 is 11.6 Å². The van der Waals surface area contributed by atoms with Crippen molar-refractivity contribution in [2.45, 2.75) is 100 Å². The van der Waals surface area contributed by atoms with Crippen molar-refractivity contribution in [3.05, 3.63) is 34.9 Å². The minimum Gasteiger partial charge on any atom is -0.348 e. The first-order valence-electron chi connectivity index (χ1n) is 14.3. The lowest BCUT2D eigenvalue weighted by atomic mass is 9.50. The molecule has 2 amide bonds. The molecule has 9 fully saturated rings. The van der Waals surface area contributed by atoms with E-state index in [4.69, 9.17) is 11.6 Å². The summed E-state index contributed by atoms with van der Waals surface area (Å²) in [6.07, 6.45) is 14.8. The summed E-state index contributed by atoms with van der Waals surface area (Å²) in [5.74, 6) is 4.65. The van der Waals surface area contributed by atoms with Crippen LogP contribution < -0.4 is 5.32 Å². The average Bonchev–Trinajstić information content (AvgIpc) is 2.75. The van der Waals surface area contributed by atoms with E-state index in [1.807, 2.05) is 24.3 Å². The molecule has 5 heteroatoms. The number of hydrogen-bond acceptors (Lipinski definition) is 2. The van der Waals surface area contributed by atoms with Gasteiger partial charge in [-0.15, -0.1) is 0 Å². The first-order chi connectivity index (χ1) is 16.9. The molecule has 1 saturated heterocycles. The van der Waals surface area contributed by atoms with E-state index in [-0.39, 0.29) is 29.3 Å². The van der Waals surface area contributed by atoms with Crippen LogP contribution in [0.15, 0.2) is 24.3 Å². The van der Waals surface area contributed by atoms with Gasteiger partial charge < -0.3 is 10.2 Å². The normalized spacial score (nSPS) is 48.8. The minimum absolute atomic E-state index is 0.0582. The molecule has 4 nitrogen and oxygen atoms in total. The van der Waals surface area contributed by atoms with E-state index in [0.29, 0.717) is 22.8 Å². The number of carbonyl (C=O) groups is 2. The number of β-lactam (4-membered cyclic amide) rings is 1. The van der Waals surface area contributed by atoms with Crippen LogP contribution in [0.4, 0.5) is 0 Å². The predicted molar refractivity (Wildman–Crippen MR) is 135 cm³/mol. The van der Waals surface area contributed by atoms with Gasteiger partial charge in [-0.25, -0.2) is 0 Å². The van der Waals surface area contributed by atoms with Crippen LogP contribution in [0, 0.1) is 35.5 Å². The third-order valence-corrected chi connectivity index (χ3v) is 12.0. The van der Waals surface area contributed by atoms with E-state index >= 15 is 0 Å². The van der Waals surface area contributed by atoms with Gasteiger partial charge in [0.15, 0.2) is 5.54 Å². The molecular formula is C30H37ClN2O2. The van der Waals surface area contributed by atoms with Crippen LogP contribution in [0.25, 0.3) is 0 Å². The molecule has 1 atom stereocenters. The van der Waals surface area contributed by atoms with Crippen LogP contribution in [0.5, 0.6) is 0 Å². The summed E-state index contributed by atoms with van der Waals surface area (Å²) in [6.45, 7) is 0. The summed E-state index contributed by atoms with van der Waals surface area (Å²) in [4.78, 5) is 30.4. The maximum Gasteiger partial charge on any atom is 0.251 e. The Morgan fingerprint density at radius 1 is 0.800 bits per heavy atom. The Kier molecular flexibility index (Phi) is 4.34. The SMILES string of the molecule is O=C1CC(C(=O)NC23CC4CC(CC(C4)C2)C3)(c2ccccc2Cl)N1C12CC3CC(CC(C3)C1)C2. The first-order valence-corrected chi connectivity index (χ1v) is 14.7. The maximum absolute atomic E-state index is 14.7. The van der Waals surface area contributed by atoms with E-state index in [2.05, 4.69) is 10.2 Å². The average molecular weight is 493 g/mol. The summed E-state index contributed by atoms with van der Waals surface area (Å²) in [5, 5.41) is 4.30. The molecule has 9 aliphatic rings. The summed E-state index contributed by atoms with van der Waals surface area (Å²) in [5.41, 5.74) is -0.350. The van der Waals surface area contributed by atoms with E-state index in [9.17, 15) is 9.59 Å². The summed E-state index contributed by atoms with van der Waals surface area (Å²) < 4.78 is 0. The Balaban J connectivity index is 1.21. The van der Waals surface area contributed by atoms with Crippen LogP contribution in [0.2, 0.25) is 5.02 Å². The molecule has 1 aliphatic heterocycles. The fourth-order valence-corrected chi connectivity index (χ4v) is 11.7. The van der Waals surface area contributed by atoms with Gasteiger partial charge in [0.05, 0.1) is 6.42 Å². The third kappa shape index (κ3) is 2.92. The predicted octanol–water partition coefficient (Wildman–Crippen LogP) is 5.82. The maximum atomic E-state index is 14.7. The van der Waals surface area contributed by atoms with E-state index in [0.717, 1.165) is 61.8 Å². The Hall–Kier alpha value is -1.55. The smallest absolute Gasteiger partial charge is 0.251 e. The standard InChI is InChI=1S/C30H37ClN2O2/c31-25-4-2-1-3-24(25)30(27(35)32-28-11-18-5-19(12-28)7-20(6-18)13-28)17-26(34)33(30)29-14-21-8-22(15-29)10-23(9-21)16-29/h1-4,18-23H,5-17H2,(H,32,35). The summed E-state index contributed by atoms with van der Waals surface area (Å²) in [7, 11) is 0. The Labute approximate surface area is 213 Å². The number of benzene rings is 1. The van der Waals surface area contributed by atoms with Crippen LogP contribution in [-0.4, -0.2) is 27.8 Å². The van der Waals surface area contributed by atoms with Gasteiger partial charge in [0.2, 0.25) is 5.91 Å². The highest BCUT2D eigenvalue weighted by Gasteiger charge is 2.68. The molecule has 8 saturated carbocycles. The highest BCUT2D eigenvalue weighted by atomic mass is 35.5. The highest BCUT2D eigenvalue weighted by molar-refractivity contribution is 6.32. The lowest BCUT2D eigenvalue weighted by molar-refractivity contribution is -0.201. The molecular weight excluding hydrogens is 456 g/mol. The molecule has 1 N–H and O–H groups in total. The molecule has 0 aromatic heterocycles. The fourth-order valence-electron chi connectivity index (χ4n) is 11.4. The second kappa shape index (κ2) is 7.05. The van der Waals surface area contributed by atoms with Gasteiger partial charge in [-0.1, -0.05) is 29.8 Å². The van der Waals surface area contributed by atoms with Gasteiger partial charge in [-0.05, 0) is 119 Å². The van der Waals surface area contributed by atoms with Crippen molar-refractivity contribution in [3.63, 3.8) is 0 Å². The van der Waals surface area contributed by atoms with Gasteiger partial charge in [-0.2, -0.15) is 0 Å². The fraction of sp³-hybridized carbons (Fsp3) is 0.733. The molecule has 1 unspecified atom stereocenters. The second-order valence-electron chi connectivity index (χ2n) is 14.0.